The van der Waals surface area contributed by atoms with Gasteiger partial charge in [0.1, 0.15) is 16.8 Å². The minimum atomic E-state index is -0.800. The van der Waals surface area contributed by atoms with E-state index in [1.807, 2.05) is 48.5 Å². The highest BCUT2D eigenvalue weighted by atomic mass is 32.2. The highest BCUT2D eigenvalue weighted by Crippen LogP contribution is 2.53. The Kier molecular flexibility index (Phi) is 6.83. The summed E-state index contributed by atoms with van der Waals surface area (Å²) in [6, 6.07) is 25.6. The van der Waals surface area contributed by atoms with Crippen LogP contribution in [-0.2, 0) is 14.4 Å². The molecule has 7 rings (SSSR count). The van der Waals surface area contributed by atoms with Crippen molar-refractivity contribution in [2.24, 2.45) is 5.92 Å². The first-order chi connectivity index (χ1) is 20.9. The van der Waals surface area contributed by atoms with E-state index in [4.69, 9.17) is 4.74 Å². The second kappa shape index (κ2) is 10.8. The van der Waals surface area contributed by atoms with Gasteiger partial charge in [0.05, 0.1) is 16.6 Å². The van der Waals surface area contributed by atoms with Crippen molar-refractivity contribution in [1.82, 2.24) is 4.98 Å². The number of carbonyl (C=O) groups is 3. The number of imide groups is 1. The lowest BCUT2D eigenvalue weighted by molar-refractivity contribution is -0.122. The van der Waals surface area contributed by atoms with Gasteiger partial charge in [-0.3, -0.25) is 19.2 Å². The number of hydrogen-bond acceptors (Lipinski definition) is 7. The molecule has 0 radical (unpaired) electrons. The zero-order valence-electron chi connectivity index (χ0n) is 22.3. The number of amides is 3. The van der Waals surface area contributed by atoms with E-state index in [-0.39, 0.29) is 23.1 Å². The molecular formula is C32H22FN3O5S2. The summed E-state index contributed by atoms with van der Waals surface area (Å²) in [5.41, 5.74) is 1.63. The number of carbonyl (C=O) groups excluding carboxylic acids is 3. The Hall–Kier alpha value is -4.74. The molecule has 0 spiro atoms. The molecular weight excluding hydrogens is 590 g/mol. The first-order valence-electron chi connectivity index (χ1n) is 13.4. The number of aromatic nitrogens is 1. The summed E-state index contributed by atoms with van der Waals surface area (Å²) in [5.74, 6) is -2.68. The van der Waals surface area contributed by atoms with Gasteiger partial charge in [-0.1, -0.05) is 71.6 Å². The largest absolute Gasteiger partial charge is 0.484 e. The predicted molar refractivity (Wildman–Crippen MR) is 163 cm³/mol. The molecule has 11 heteroatoms. The number of aromatic amines is 1. The molecule has 1 aromatic heterocycles. The number of rotatable bonds is 6. The molecule has 2 unspecified atom stereocenters. The van der Waals surface area contributed by atoms with Crippen molar-refractivity contribution in [3.63, 3.8) is 0 Å². The van der Waals surface area contributed by atoms with Gasteiger partial charge in [-0.15, -0.1) is 0 Å². The van der Waals surface area contributed by atoms with Gasteiger partial charge >= 0.3 is 4.87 Å². The van der Waals surface area contributed by atoms with Crippen LogP contribution >= 0.6 is 23.1 Å². The Morgan fingerprint density at radius 1 is 0.930 bits per heavy atom. The number of thiazole rings is 1. The third kappa shape index (κ3) is 4.90. The van der Waals surface area contributed by atoms with Crippen LogP contribution in [0.5, 0.6) is 5.75 Å². The Morgan fingerprint density at radius 2 is 1.70 bits per heavy atom. The van der Waals surface area contributed by atoms with E-state index in [1.165, 1.54) is 24.3 Å². The van der Waals surface area contributed by atoms with E-state index < -0.39 is 34.7 Å². The molecule has 2 aliphatic heterocycles. The summed E-state index contributed by atoms with van der Waals surface area (Å²) in [6.45, 7) is -0.252. The predicted octanol–water partition coefficient (Wildman–Crippen LogP) is 5.54. The highest BCUT2D eigenvalue weighted by molar-refractivity contribution is 8.00. The van der Waals surface area contributed by atoms with Crippen LogP contribution in [0.3, 0.4) is 0 Å². The smallest absolute Gasteiger partial charge is 0.305 e. The molecule has 0 saturated carbocycles. The molecule has 0 bridgehead atoms. The van der Waals surface area contributed by atoms with Gasteiger partial charge in [-0.05, 0) is 53.4 Å². The molecule has 0 aliphatic carbocycles. The van der Waals surface area contributed by atoms with Crippen molar-refractivity contribution < 1.29 is 23.5 Å². The SMILES string of the molecule is O=C(COc1cccc([C@H]2c3sc(=O)[nH]c3SC3C(=O)N(c4ccc(F)cc4)C(=O)C32)c1)Nc1cccc2ccccc12. The summed E-state index contributed by atoms with van der Waals surface area (Å²) in [5, 5.41) is 4.58. The molecule has 4 aromatic carbocycles. The standard InChI is InChI=1S/C32H22FN3O5S2/c33-19-11-13-20(14-12-19)36-30(38)26-25(27-29(35-32(40)43-27)42-28(26)31(36)39)18-7-3-8-21(15-18)41-16-24(37)34-23-10-4-6-17-5-1-2-9-22(17)23/h1-15,25-26,28H,16H2,(H,34,37)(H,35,40)/t25-,26?,28?/m1/s1. The van der Waals surface area contributed by atoms with Gasteiger partial charge < -0.3 is 15.0 Å². The van der Waals surface area contributed by atoms with Crippen LogP contribution in [0.1, 0.15) is 16.4 Å². The van der Waals surface area contributed by atoms with Crippen LogP contribution in [0.4, 0.5) is 15.8 Å². The van der Waals surface area contributed by atoms with Crippen molar-refractivity contribution in [3.05, 3.63) is 117 Å². The lowest BCUT2D eigenvalue weighted by Gasteiger charge is -2.30. The van der Waals surface area contributed by atoms with Gasteiger partial charge in [0.25, 0.3) is 5.91 Å². The number of hydrogen-bond donors (Lipinski definition) is 2. The average molecular weight is 612 g/mol. The minimum absolute atomic E-state index is 0.252. The number of fused-ring (bicyclic) bond motifs is 3. The van der Waals surface area contributed by atoms with Crippen molar-refractivity contribution in [2.75, 3.05) is 16.8 Å². The molecule has 2 aliphatic rings. The molecule has 8 nitrogen and oxygen atoms in total. The Bertz CT molecular complexity index is 1970. The summed E-state index contributed by atoms with van der Waals surface area (Å²) in [7, 11) is 0. The van der Waals surface area contributed by atoms with E-state index in [1.54, 1.807) is 18.2 Å². The number of nitrogens with zero attached hydrogens (tertiary/aromatic N) is 1. The lowest BCUT2D eigenvalue weighted by atomic mass is 9.83. The minimum Gasteiger partial charge on any atom is -0.484 e. The summed E-state index contributed by atoms with van der Waals surface area (Å²) < 4.78 is 19.4. The fourth-order valence-corrected chi connectivity index (χ4v) is 8.20. The maximum absolute atomic E-state index is 13.8. The number of ether oxygens (including phenoxy) is 1. The van der Waals surface area contributed by atoms with Gasteiger partial charge in [0.2, 0.25) is 11.8 Å². The van der Waals surface area contributed by atoms with E-state index in [0.717, 1.165) is 38.8 Å². The molecule has 43 heavy (non-hydrogen) atoms. The fourth-order valence-electron chi connectivity index (χ4n) is 5.69. The van der Waals surface area contributed by atoms with Crippen LogP contribution in [0, 0.1) is 11.7 Å². The number of thioether (sulfide) groups is 1. The number of nitrogens with one attached hydrogen (secondary N) is 2. The van der Waals surface area contributed by atoms with Crippen molar-refractivity contribution >= 4 is 63.0 Å². The Labute approximate surface area is 252 Å². The Balaban J connectivity index is 1.16. The third-order valence-corrected chi connectivity index (χ3v) is 9.96. The van der Waals surface area contributed by atoms with Gasteiger partial charge in [-0.25, -0.2) is 9.29 Å². The number of anilines is 2. The quantitative estimate of drug-likeness (QED) is 0.244. The Morgan fingerprint density at radius 3 is 2.53 bits per heavy atom. The van der Waals surface area contributed by atoms with E-state index in [2.05, 4.69) is 10.3 Å². The van der Waals surface area contributed by atoms with Crippen LogP contribution < -0.4 is 19.8 Å². The summed E-state index contributed by atoms with van der Waals surface area (Å²) in [6.07, 6.45) is 0. The highest BCUT2D eigenvalue weighted by Gasteiger charge is 2.56. The molecule has 1 fully saturated rings. The molecule has 3 heterocycles. The zero-order chi connectivity index (χ0) is 29.7. The molecule has 214 valence electrons. The molecule has 2 N–H and O–H groups in total. The molecule has 3 atom stereocenters. The number of benzene rings is 4. The van der Waals surface area contributed by atoms with Crippen LogP contribution in [0.25, 0.3) is 10.8 Å². The normalized spacial score (nSPS) is 19.3. The second-order valence-electron chi connectivity index (χ2n) is 10.2. The van der Waals surface area contributed by atoms with Crippen LogP contribution in [0.2, 0.25) is 0 Å². The van der Waals surface area contributed by atoms with Crippen molar-refractivity contribution in [1.29, 1.82) is 0 Å². The topological polar surface area (TPSA) is 109 Å². The third-order valence-electron chi connectivity index (χ3n) is 7.56. The van der Waals surface area contributed by atoms with Gasteiger partial charge in [0, 0.05) is 21.9 Å². The maximum Gasteiger partial charge on any atom is 0.305 e. The first-order valence-corrected chi connectivity index (χ1v) is 15.1. The monoisotopic (exact) mass is 611 g/mol. The fraction of sp³-hybridized carbons (Fsp3) is 0.125. The molecule has 3 amide bonds. The van der Waals surface area contributed by atoms with E-state index in [9.17, 15) is 23.6 Å². The molecule has 5 aromatic rings. The summed E-state index contributed by atoms with van der Waals surface area (Å²) >= 11 is 2.17. The number of H-pyrrole nitrogens is 1. The second-order valence-corrected chi connectivity index (χ2v) is 12.3. The van der Waals surface area contributed by atoms with Gasteiger partial charge in [-0.2, -0.15) is 0 Å². The van der Waals surface area contributed by atoms with Gasteiger partial charge in [0.15, 0.2) is 6.61 Å². The van der Waals surface area contributed by atoms with E-state index in [0.29, 0.717) is 26.9 Å². The average Bonchev–Trinajstić information content (AvgIpc) is 3.51. The van der Waals surface area contributed by atoms with Crippen LogP contribution in [-0.4, -0.2) is 34.6 Å². The number of halogens is 1. The van der Waals surface area contributed by atoms with Crippen molar-refractivity contribution in [3.8, 4) is 5.75 Å². The van der Waals surface area contributed by atoms with Crippen molar-refractivity contribution in [2.45, 2.75) is 16.2 Å². The first kappa shape index (κ1) is 27.1. The molecule has 1 saturated heterocycles. The van der Waals surface area contributed by atoms with E-state index >= 15 is 0 Å². The maximum atomic E-state index is 13.8. The lowest BCUT2D eigenvalue weighted by Crippen LogP contribution is -2.32. The summed E-state index contributed by atoms with van der Waals surface area (Å²) in [4.78, 5) is 56.8. The zero-order valence-corrected chi connectivity index (χ0v) is 23.9. The van der Waals surface area contributed by atoms with Crippen LogP contribution in [0.15, 0.2) is 101 Å².